The number of thiol groups is 1. The molecular weight excluding hydrogens is 254 g/mol. The summed E-state index contributed by atoms with van der Waals surface area (Å²) in [5.74, 6) is 0. The highest BCUT2D eigenvalue weighted by Crippen LogP contribution is 2.07. The van der Waals surface area contributed by atoms with Crippen molar-refractivity contribution in [2.75, 3.05) is 19.7 Å². The summed E-state index contributed by atoms with van der Waals surface area (Å²) in [4.78, 5) is 0. The third kappa shape index (κ3) is 11.4. The first-order chi connectivity index (χ1) is 9.28. The average molecular weight is 288 g/mol. The van der Waals surface area contributed by atoms with Gasteiger partial charge in [-0.2, -0.15) is 0 Å². The van der Waals surface area contributed by atoms with Gasteiger partial charge in [0, 0.05) is 13.1 Å². The van der Waals surface area contributed by atoms with Crippen LogP contribution in [0.25, 0.3) is 0 Å². The second kappa shape index (κ2) is 14.3. The van der Waals surface area contributed by atoms with Crippen LogP contribution in [0.4, 0.5) is 0 Å². The molecule has 0 rings (SSSR count). The van der Waals surface area contributed by atoms with Gasteiger partial charge < -0.3 is 4.74 Å². The zero-order valence-corrected chi connectivity index (χ0v) is 14.2. The SMILES string of the molecule is CCCCCCC/C=C/C(OCC)=[SH]\N(CC)CC. The van der Waals surface area contributed by atoms with Gasteiger partial charge >= 0.3 is 0 Å². The Morgan fingerprint density at radius 2 is 1.68 bits per heavy atom. The van der Waals surface area contributed by atoms with E-state index in [0.717, 1.165) is 24.7 Å². The van der Waals surface area contributed by atoms with Crippen molar-refractivity contribution in [2.24, 2.45) is 0 Å². The topological polar surface area (TPSA) is 12.5 Å². The molecule has 0 aliphatic heterocycles. The fourth-order valence-electron chi connectivity index (χ4n) is 1.81. The summed E-state index contributed by atoms with van der Waals surface area (Å²) >= 11 is 1.20. The molecule has 114 valence electrons. The second-order valence-electron chi connectivity index (χ2n) is 4.62. The van der Waals surface area contributed by atoms with Crippen molar-refractivity contribution < 1.29 is 4.74 Å². The molecule has 0 amide bonds. The van der Waals surface area contributed by atoms with Crippen LogP contribution in [-0.4, -0.2) is 29.1 Å². The zero-order chi connectivity index (χ0) is 14.3. The highest BCUT2D eigenvalue weighted by Gasteiger charge is 1.97. The van der Waals surface area contributed by atoms with E-state index in [1.54, 1.807) is 0 Å². The first-order valence-electron chi connectivity index (χ1n) is 7.91. The number of unbranched alkanes of at least 4 members (excludes halogenated alkanes) is 5. The van der Waals surface area contributed by atoms with Gasteiger partial charge in [-0.05, 0) is 25.8 Å². The number of hydrogen-bond acceptors (Lipinski definition) is 2. The molecule has 0 aromatic rings. The van der Waals surface area contributed by atoms with Crippen LogP contribution in [0.1, 0.15) is 66.2 Å². The standard InChI is InChI=1S/C16H33NOS/c1-5-9-10-11-12-13-14-15-16(18-8-4)19-17(6-2)7-3/h14-15,19H,5-13H2,1-4H3/b15-14+. The minimum Gasteiger partial charge on any atom is -0.339 e. The third-order valence-electron chi connectivity index (χ3n) is 3.00. The van der Waals surface area contributed by atoms with E-state index < -0.39 is 0 Å². The van der Waals surface area contributed by atoms with Crippen LogP contribution < -0.4 is 0 Å². The van der Waals surface area contributed by atoms with Gasteiger partial charge in [-0.1, -0.05) is 52.5 Å². The van der Waals surface area contributed by atoms with Crippen LogP contribution in [0, 0.1) is 0 Å². The summed E-state index contributed by atoms with van der Waals surface area (Å²) in [6.45, 7) is 11.6. The van der Waals surface area contributed by atoms with Crippen LogP contribution in [0.3, 0.4) is 0 Å². The van der Waals surface area contributed by atoms with E-state index in [4.69, 9.17) is 4.74 Å². The maximum absolute atomic E-state index is 5.70. The maximum Gasteiger partial charge on any atom is 0.109 e. The Balaban J connectivity index is 4.04. The van der Waals surface area contributed by atoms with Crippen molar-refractivity contribution in [2.45, 2.75) is 66.2 Å². The van der Waals surface area contributed by atoms with Gasteiger partial charge in [0.2, 0.25) is 0 Å². The van der Waals surface area contributed by atoms with Gasteiger partial charge in [0.05, 0.1) is 6.61 Å². The predicted octanol–water partition coefficient (Wildman–Crippen LogP) is 4.79. The summed E-state index contributed by atoms with van der Waals surface area (Å²) in [6.07, 6.45) is 12.4. The summed E-state index contributed by atoms with van der Waals surface area (Å²) in [7, 11) is 0. The summed E-state index contributed by atoms with van der Waals surface area (Å²) in [5, 5.41) is 1.08. The van der Waals surface area contributed by atoms with E-state index in [1.165, 1.54) is 50.1 Å². The Hall–Kier alpha value is -0.120. The summed E-state index contributed by atoms with van der Waals surface area (Å²) < 4.78 is 8.05. The van der Waals surface area contributed by atoms with Crippen molar-refractivity contribution in [1.29, 1.82) is 0 Å². The zero-order valence-electron chi connectivity index (χ0n) is 13.3. The van der Waals surface area contributed by atoms with Crippen molar-refractivity contribution >= 4 is 16.6 Å². The second-order valence-corrected chi connectivity index (χ2v) is 5.82. The molecule has 0 atom stereocenters. The largest absolute Gasteiger partial charge is 0.339 e. The minimum atomic E-state index is 0.754. The van der Waals surface area contributed by atoms with E-state index in [9.17, 15) is 0 Å². The smallest absolute Gasteiger partial charge is 0.109 e. The molecule has 0 aromatic heterocycles. The molecule has 0 N–H and O–H groups in total. The van der Waals surface area contributed by atoms with Gasteiger partial charge in [-0.15, -0.1) is 11.5 Å². The lowest BCUT2D eigenvalue weighted by Crippen LogP contribution is -2.14. The van der Waals surface area contributed by atoms with E-state index >= 15 is 0 Å². The summed E-state index contributed by atoms with van der Waals surface area (Å²) in [6, 6.07) is 0. The Labute approximate surface area is 124 Å². The van der Waals surface area contributed by atoms with Gasteiger partial charge in [-0.25, -0.2) is 0 Å². The van der Waals surface area contributed by atoms with Crippen molar-refractivity contribution in [3.63, 3.8) is 0 Å². The first kappa shape index (κ1) is 18.9. The minimum absolute atomic E-state index is 0.754. The molecule has 0 unspecified atom stereocenters. The van der Waals surface area contributed by atoms with Gasteiger partial charge in [0.1, 0.15) is 5.05 Å². The lowest BCUT2D eigenvalue weighted by molar-refractivity contribution is 0.338. The Bertz CT molecular complexity index is 247. The molecule has 0 bridgehead atoms. The van der Waals surface area contributed by atoms with E-state index in [1.807, 2.05) is 0 Å². The number of nitrogens with zero attached hydrogens (tertiary/aromatic N) is 1. The highest BCUT2D eigenvalue weighted by atomic mass is 32.1. The molecule has 0 spiro atoms. The quantitative estimate of drug-likeness (QED) is 0.254. The van der Waals surface area contributed by atoms with Crippen LogP contribution in [0.15, 0.2) is 12.2 Å². The molecular formula is C16H33NOS. The number of hydrogen-bond donors (Lipinski definition) is 1. The van der Waals surface area contributed by atoms with Crippen molar-refractivity contribution in [3.8, 4) is 0 Å². The van der Waals surface area contributed by atoms with Crippen molar-refractivity contribution in [1.82, 2.24) is 4.31 Å². The fraction of sp³-hybridized carbons (Fsp3) is 0.812. The Kier molecular flexibility index (Phi) is 14.2. The van der Waals surface area contributed by atoms with Crippen LogP contribution in [0.2, 0.25) is 0 Å². The molecule has 3 heteroatoms. The monoisotopic (exact) mass is 287 g/mol. The normalized spacial score (nSPS) is 13.2. The van der Waals surface area contributed by atoms with Gasteiger partial charge in [0.15, 0.2) is 0 Å². The van der Waals surface area contributed by atoms with E-state index in [0.29, 0.717) is 0 Å². The molecule has 19 heavy (non-hydrogen) atoms. The van der Waals surface area contributed by atoms with Gasteiger partial charge in [0.25, 0.3) is 0 Å². The number of allylic oxidation sites excluding steroid dienone is 1. The first-order valence-corrected chi connectivity index (χ1v) is 8.75. The van der Waals surface area contributed by atoms with E-state index in [-0.39, 0.29) is 0 Å². The Morgan fingerprint density at radius 1 is 1.00 bits per heavy atom. The number of ether oxygens (including phenoxy) is 1. The maximum atomic E-state index is 5.70. The lowest BCUT2D eigenvalue weighted by atomic mass is 10.1. The molecule has 0 fully saturated rings. The van der Waals surface area contributed by atoms with Crippen LogP contribution >= 0.6 is 11.5 Å². The average Bonchev–Trinajstić information content (AvgIpc) is 2.43. The lowest BCUT2D eigenvalue weighted by Gasteiger charge is -2.14. The third-order valence-corrected chi connectivity index (χ3v) is 4.32. The molecule has 0 saturated heterocycles. The number of rotatable bonds is 11. The highest BCUT2D eigenvalue weighted by molar-refractivity contribution is 7.96. The van der Waals surface area contributed by atoms with Crippen molar-refractivity contribution in [3.05, 3.63) is 12.2 Å². The molecule has 0 aliphatic carbocycles. The fourth-order valence-corrected chi connectivity index (χ4v) is 2.73. The Morgan fingerprint density at radius 3 is 2.26 bits per heavy atom. The molecule has 0 heterocycles. The molecule has 0 saturated carbocycles. The molecule has 0 radical (unpaired) electrons. The molecule has 0 aliphatic rings. The van der Waals surface area contributed by atoms with Gasteiger partial charge in [-0.3, -0.25) is 4.31 Å². The van der Waals surface area contributed by atoms with Crippen LogP contribution in [0.5, 0.6) is 0 Å². The molecule has 2 nitrogen and oxygen atoms in total. The summed E-state index contributed by atoms with van der Waals surface area (Å²) in [5.41, 5.74) is 0. The van der Waals surface area contributed by atoms with E-state index in [2.05, 4.69) is 44.2 Å². The van der Waals surface area contributed by atoms with Crippen LogP contribution in [-0.2, 0) is 4.74 Å². The molecule has 0 aromatic carbocycles. The predicted molar refractivity (Wildman–Crippen MR) is 91.1 cm³/mol.